The number of fused-ring (bicyclic) bond motifs is 1. The first-order valence-electron chi connectivity index (χ1n) is 14.4. The second-order valence-corrected chi connectivity index (χ2v) is 12.4. The number of hydrogen-bond acceptors (Lipinski definition) is 5. The number of thiazole rings is 1. The average molecular weight is 583 g/mol. The predicted octanol–water partition coefficient (Wildman–Crippen LogP) is 6.74. The van der Waals surface area contributed by atoms with E-state index in [1.54, 1.807) is 41.7 Å². The lowest BCUT2D eigenvalue weighted by molar-refractivity contribution is -0.132. The molecule has 42 heavy (non-hydrogen) atoms. The Morgan fingerprint density at radius 3 is 2.43 bits per heavy atom. The van der Waals surface area contributed by atoms with Gasteiger partial charge < -0.3 is 20.3 Å². The first-order chi connectivity index (χ1) is 20.3. The van der Waals surface area contributed by atoms with E-state index in [-0.39, 0.29) is 17.4 Å². The molecule has 3 N–H and O–H groups in total. The monoisotopic (exact) mass is 582 g/mol. The molecule has 0 saturated heterocycles. The summed E-state index contributed by atoms with van der Waals surface area (Å²) in [6, 6.07) is 12.8. The zero-order chi connectivity index (χ0) is 29.4. The van der Waals surface area contributed by atoms with Gasteiger partial charge in [-0.3, -0.25) is 9.59 Å². The molecule has 2 aliphatic carbocycles. The molecule has 2 heterocycles. The Balaban J connectivity index is 1.23. The number of carbonyl (C=O) groups excluding carboxylic acids is 2. The first-order valence-corrected chi connectivity index (χ1v) is 15.3. The van der Waals surface area contributed by atoms with Gasteiger partial charge in [0.25, 0.3) is 5.91 Å². The van der Waals surface area contributed by atoms with E-state index in [0.717, 1.165) is 28.2 Å². The van der Waals surface area contributed by atoms with Crippen LogP contribution in [0, 0.1) is 0 Å². The van der Waals surface area contributed by atoms with Crippen LogP contribution >= 0.6 is 11.3 Å². The number of aryl methyl sites for hydroxylation is 1. The number of amides is 2. The summed E-state index contributed by atoms with van der Waals surface area (Å²) in [6.45, 7) is 1.53. The molecule has 2 fully saturated rings. The molecule has 2 aliphatic rings. The van der Waals surface area contributed by atoms with Crippen molar-refractivity contribution in [3.05, 3.63) is 76.3 Å². The molecule has 0 aliphatic heterocycles. The number of hydrogen-bond donors (Lipinski definition) is 3. The van der Waals surface area contributed by atoms with Crippen LogP contribution in [0.3, 0.4) is 0 Å². The molecule has 4 aromatic rings. The van der Waals surface area contributed by atoms with E-state index in [2.05, 4.69) is 26.3 Å². The van der Waals surface area contributed by atoms with E-state index in [1.165, 1.54) is 43.6 Å². The van der Waals surface area contributed by atoms with Crippen LogP contribution in [-0.4, -0.2) is 38.0 Å². The predicted molar refractivity (Wildman–Crippen MR) is 166 cm³/mol. The van der Waals surface area contributed by atoms with Gasteiger partial charge in [-0.05, 0) is 86.4 Å². The summed E-state index contributed by atoms with van der Waals surface area (Å²) in [5, 5.41) is 19.3. The summed E-state index contributed by atoms with van der Waals surface area (Å²) in [5.74, 6) is -1.01. The molecule has 8 nitrogen and oxygen atoms in total. The second kappa shape index (κ2) is 11.2. The zero-order valence-corrected chi connectivity index (χ0v) is 24.6. The van der Waals surface area contributed by atoms with Crippen LogP contribution in [0.5, 0.6) is 0 Å². The van der Waals surface area contributed by atoms with Crippen molar-refractivity contribution >= 4 is 51.8 Å². The lowest BCUT2D eigenvalue weighted by atomic mass is 9.75. The van der Waals surface area contributed by atoms with Gasteiger partial charge in [0, 0.05) is 46.4 Å². The van der Waals surface area contributed by atoms with Crippen molar-refractivity contribution in [2.45, 2.75) is 63.3 Å². The molecule has 0 atom stereocenters. The molecule has 2 saturated carbocycles. The molecule has 2 amide bonds. The molecular weight excluding hydrogens is 548 g/mol. The number of nitrogens with one attached hydrogen (secondary N) is 2. The van der Waals surface area contributed by atoms with E-state index < -0.39 is 11.5 Å². The van der Waals surface area contributed by atoms with Crippen LogP contribution < -0.4 is 10.6 Å². The second-order valence-electron chi connectivity index (χ2n) is 11.5. The number of carboxylic acids is 1. The summed E-state index contributed by atoms with van der Waals surface area (Å²) in [7, 11) is 2.05. The van der Waals surface area contributed by atoms with Gasteiger partial charge in [-0.15, -0.1) is 11.3 Å². The maximum absolute atomic E-state index is 13.6. The Kier molecular flexibility index (Phi) is 7.45. The molecule has 9 heteroatoms. The minimum Gasteiger partial charge on any atom is -0.478 e. The molecule has 0 unspecified atom stereocenters. The number of anilines is 1. The van der Waals surface area contributed by atoms with E-state index in [4.69, 9.17) is 5.11 Å². The van der Waals surface area contributed by atoms with Crippen molar-refractivity contribution in [1.29, 1.82) is 0 Å². The van der Waals surface area contributed by atoms with Gasteiger partial charge in [-0.1, -0.05) is 31.0 Å². The fraction of sp³-hybridized carbons (Fsp3) is 0.333. The number of benzene rings is 2. The largest absolute Gasteiger partial charge is 0.478 e. The normalized spacial score (nSPS) is 16.8. The SMILES string of the molecule is C/C(=C\c1ccc(NC(=O)C2(NC(=O)c3ccc4c(C5CCCC5)c(-c5nccs5)n(C)c4c3)CCC2)cc1)C(=O)O. The summed E-state index contributed by atoms with van der Waals surface area (Å²) in [6.07, 6.45) is 10.2. The van der Waals surface area contributed by atoms with Gasteiger partial charge in [-0.25, -0.2) is 9.78 Å². The number of rotatable bonds is 8. The lowest BCUT2D eigenvalue weighted by Gasteiger charge is -2.40. The van der Waals surface area contributed by atoms with Gasteiger partial charge in [0.2, 0.25) is 5.91 Å². The van der Waals surface area contributed by atoms with Crippen LogP contribution in [0.2, 0.25) is 0 Å². The van der Waals surface area contributed by atoms with E-state index >= 15 is 0 Å². The number of aromatic nitrogens is 2. The molecular formula is C33H34N4O4S. The maximum atomic E-state index is 13.6. The van der Waals surface area contributed by atoms with Crippen LogP contribution in [0.1, 0.15) is 79.3 Å². The van der Waals surface area contributed by atoms with Crippen molar-refractivity contribution < 1.29 is 19.5 Å². The Morgan fingerprint density at radius 1 is 1.07 bits per heavy atom. The number of nitrogens with zero attached hydrogens (tertiary/aromatic N) is 2. The van der Waals surface area contributed by atoms with E-state index in [0.29, 0.717) is 30.0 Å². The summed E-state index contributed by atoms with van der Waals surface area (Å²) in [4.78, 5) is 42.7. The molecule has 216 valence electrons. The van der Waals surface area contributed by atoms with Crippen molar-refractivity contribution in [3.8, 4) is 10.7 Å². The highest BCUT2D eigenvalue weighted by Gasteiger charge is 2.45. The fourth-order valence-electron chi connectivity index (χ4n) is 6.29. The zero-order valence-electron chi connectivity index (χ0n) is 23.8. The van der Waals surface area contributed by atoms with Crippen molar-refractivity contribution in [1.82, 2.24) is 14.9 Å². The fourth-order valence-corrected chi connectivity index (χ4v) is 7.02. The van der Waals surface area contributed by atoms with Crippen LogP contribution in [-0.2, 0) is 16.6 Å². The Bertz CT molecular complexity index is 1690. The smallest absolute Gasteiger partial charge is 0.331 e. The topological polar surface area (TPSA) is 113 Å². The Morgan fingerprint density at radius 2 is 1.81 bits per heavy atom. The van der Waals surface area contributed by atoms with Crippen molar-refractivity contribution in [3.63, 3.8) is 0 Å². The highest BCUT2D eigenvalue weighted by Crippen LogP contribution is 2.45. The van der Waals surface area contributed by atoms with E-state index in [9.17, 15) is 14.4 Å². The van der Waals surface area contributed by atoms with Crippen LogP contribution in [0.15, 0.2) is 59.6 Å². The molecule has 0 radical (unpaired) electrons. The minimum absolute atomic E-state index is 0.227. The highest BCUT2D eigenvalue weighted by atomic mass is 32.1. The Labute approximate surface area is 248 Å². The van der Waals surface area contributed by atoms with Crippen LogP contribution in [0.4, 0.5) is 5.69 Å². The average Bonchev–Trinajstić information content (AvgIpc) is 3.73. The van der Waals surface area contributed by atoms with Crippen molar-refractivity contribution in [2.75, 3.05) is 5.32 Å². The summed E-state index contributed by atoms with van der Waals surface area (Å²) >= 11 is 1.63. The number of carbonyl (C=O) groups is 3. The summed E-state index contributed by atoms with van der Waals surface area (Å²) in [5.41, 5.74) is 4.56. The third-order valence-corrected chi connectivity index (χ3v) is 9.56. The number of aliphatic carboxylic acids is 1. The Hall–Kier alpha value is -4.24. The summed E-state index contributed by atoms with van der Waals surface area (Å²) < 4.78 is 2.17. The third kappa shape index (κ3) is 5.13. The highest BCUT2D eigenvalue weighted by molar-refractivity contribution is 7.13. The molecule has 0 bridgehead atoms. The van der Waals surface area contributed by atoms with Gasteiger partial charge in [0.1, 0.15) is 10.5 Å². The quantitative estimate of drug-likeness (QED) is 0.199. The number of carboxylic acid groups (broad SMARTS) is 1. The van der Waals surface area contributed by atoms with Crippen LogP contribution in [0.25, 0.3) is 27.7 Å². The van der Waals surface area contributed by atoms with Gasteiger partial charge >= 0.3 is 5.97 Å². The standard InChI is InChI=1S/C33H34N4O4S/c1-20(31(39)40)18-21-8-11-24(12-9-21)35-32(41)33(14-5-15-33)36-29(38)23-10-13-25-26(19-23)37(2)28(30-34-16-17-42-30)27(25)22-6-3-4-7-22/h8-13,16-19,22H,3-7,14-15H2,1-2H3,(H,35,41)(H,36,38)(H,39,40)/b20-18+. The lowest BCUT2D eigenvalue weighted by Crippen LogP contribution is -2.61. The maximum Gasteiger partial charge on any atom is 0.331 e. The van der Waals surface area contributed by atoms with Crippen molar-refractivity contribution in [2.24, 2.45) is 7.05 Å². The molecule has 6 rings (SSSR count). The van der Waals surface area contributed by atoms with Gasteiger partial charge in [0.05, 0.1) is 5.69 Å². The molecule has 2 aromatic heterocycles. The minimum atomic E-state index is -0.976. The van der Waals surface area contributed by atoms with Gasteiger partial charge in [-0.2, -0.15) is 0 Å². The molecule has 2 aromatic carbocycles. The third-order valence-electron chi connectivity index (χ3n) is 8.78. The first kappa shape index (κ1) is 27.9. The van der Waals surface area contributed by atoms with Gasteiger partial charge in [0.15, 0.2) is 0 Å². The van der Waals surface area contributed by atoms with E-state index in [1.807, 2.05) is 30.8 Å². The molecule has 0 spiro atoms.